The summed E-state index contributed by atoms with van der Waals surface area (Å²) in [4.78, 5) is 27.3. The summed E-state index contributed by atoms with van der Waals surface area (Å²) < 4.78 is 10.6. The Balaban J connectivity index is 2.56. The van der Waals surface area contributed by atoms with Crippen molar-refractivity contribution in [2.45, 2.75) is 39.9 Å². The number of rotatable bonds is 8. The van der Waals surface area contributed by atoms with Crippen LogP contribution in [0.5, 0.6) is 0 Å². The zero-order chi connectivity index (χ0) is 19.6. The lowest BCUT2D eigenvalue weighted by atomic mass is 10.2. The summed E-state index contributed by atoms with van der Waals surface area (Å²) in [6.45, 7) is 8.37. The topological polar surface area (TPSA) is 79.3 Å². The summed E-state index contributed by atoms with van der Waals surface area (Å²) >= 11 is 0. The maximum Gasteiger partial charge on any atom is 0.410 e. The molecule has 1 aromatic carbocycles. The minimum absolute atomic E-state index is 0.138. The van der Waals surface area contributed by atoms with Gasteiger partial charge < -0.3 is 24.4 Å². The van der Waals surface area contributed by atoms with Gasteiger partial charge in [-0.15, -0.1) is 0 Å². The molecule has 0 radical (unpaired) electrons. The second-order valence-corrected chi connectivity index (χ2v) is 6.81. The molecular weight excluding hydrogens is 336 g/mol. The summed E-state index contributed by atoms with van der Waals surface area (Å²) in [7, 11) is 0. The van der Waals surface area contributed by atoms with Crippen molar-refractivity contribution in [1.29, 1.82) is 0 Å². The van der Waals surface area contributed by atoms with Crippen LogP contribution in [-0.2, 0) is 16.1 Å². The summed E-state index contributed by atoms with van der Waals surface area (Å²) in [6, 6.07) is 9.36. The van der Waals surface area contributed by atoms with Crippen LogP contribution in [0.25, 0.3) is 0 Å². The third-order valence-corrected chi connectivity index (χ3v) is 3.51. The fourth-order valence-electron chi connectivity index (χ4n) is 2.17. The van der Waals surface area contributed by atoms with E-state index in [1.54, 1.807) is 20.8 Å². The Morgan fingerprint density at radius 2 is 1.62 bits per heavy atom. The number of benzene rings is 1. The molecule has 0 unspecified atom stereocenters. The summed E-state index contributed by atoms with van der Waals surface area (Å²) in [5.41, 5.74) is 0.304. The van der Waals surface area contributed by atoms with Crippen LogP contribution < -0.4 is 0 Å². The Hall–Kier alpha value is -2.28. The van der Waals surface area contributed by atoms with Gasteiger partial charge in [-0.05, 0) is 33.3 Å². The van der Waals surface area contributed by atoms with Crippen molar-refractivity contribution in [3.63, 3.8) is 0 Å². The normalized spacial score (nSPS) is 11.0. The van der Waals surface area contributed by atoms with Crippen LogP contribution in [0.2, 0.25) is 0 Å². The monoisotopic (exact) mass is 366 g/mol. The van der Waals surface area contributed by atoms with Gasteiger partial charge in [-0.3, -0.25) is 0 Å². The predicted molar refractivity (Wildman–Crippen MR) is 98.8 cm³/mol. The molecule has 1 aromatic rings. The lowest BCUT2D eigenvalue weighted by Crippen LogP contribution is -2.43. The van der Waals surface area contributed by atoms with Crippen LogP contribution in [0, 0.1) is 0 Å². The second-order valence-electron chi connectivity index (χ2n) is 6.81. The molecule has 0 bridgehead atoms. The molecule has 0 aliphatic rings. The SMILES string of the molecule is CCN(CCN(CCO)C(=O)OCc1ccccc1)C(=O)OC(C)(C)C. The van der Waals surface area contributed by atoms with E-state index in [2.05, 4.69) is 0 Å². The van der Waals surface area contributed by atoms with Gasteiger partial charge in [0.25, 0.3) is 0 Å². The average molecular weight is 366 g/mol. The molecule has 1 rings (SSSR count). The van der Waals surface area contributed by atoms with Gasteiger partial charge >= 0.3 is 12.2 Å². The van der Waals surface area contributed by atoms with Gasteiger partial charge in [-0.25, -0.2) is 9.59 Å². The van der Waals surface area contributed by atoms with E-state index < -0.39 is 17.8 Å². The van der Waals surface area contributed by atoms with Crippen LogP contribution >= 0.6 is 0 Å². The highest BCUT2D eigenvalue weighted by molar-refractivity contribution is 5.69. The van der Waals surface area contributed by atoms with Gasteiger partial charge in [0.2, 0.25) is 0 Å². The lowest BCUT2D eigenvalue weighted by molar-refractivity contribution is 0.0231. The van der Waals surface area contributed by atoms with Gasteiger partial charge in [-0.2, -0.15) is 0 Å². The molecule has 26 heavy (non-hydrogen) atoms. The van der Waals surface area contributed by atoms with Crippen molar-refractivity contribution in [3.05, 3.63) is 35.9 Å². The van der Waals surface area contributed by atoms with E-state index in [-0.39, 0.29) is 26.3 Å². The molecule has 0 saturated heterocycles. The number of hydrogen-bond donors (Lipinski definition) is 1. The average Bonchev–Trinajstić information content (AvgIpc) is 2.58. The first-order chi connectivity index (χ1) is 12.3. The van der Waals surface area contributed by atoms with Crippen molar-refractivity contribution < 1.29 is 24.2 Å². The van der Waals surface area contributed by atoms with E-state index in [1.165, 1.54) is 9.80 Å². The van der Waals surface area contributed by atoms with Crippen molar-refractivity contribution in [3.8, 4) is 0 Å². The van der Waals surface area contributed by atoms with E-state index >= 15 is 0 Å². The first kappa shape index (κ1) is 21.8. The highest BCUT2D eigenvalue weighted by Gasteiger charge is 2.22. The molecule has 0 aliphatic heterocycles. The zero-order valence-corrected chi connectivity index (χ0v) is 16.1. The standard InChI is InChI=1S/C19H30N2O5/c1-5-20(18(24)26-19(2,3)4)11-12-21(13-14-22)17(23)25-15-16-9-7-6-8-10-16/h6-10,22H,5,11-15H2,1-4H3. The first-order valence-corrected chi connectivity index (χ1v) is 8.81. The fraction of sp³-hybridized carbons (Fsp3) is 0.579. The molecule has 0 aliphatic carbocycles. The molecule has 7 nitrogen and oxygen atoms in total. The van der Waals surface area contributed by atoms with Crippen molar-refractivity contribution >= 4 is 12.2 Å². The number of ether oxygens (including phenoxy) is 2. The number of hydrogen-bond acceptors (Lipinski definition) is 5. The molecule has 0 saturated carbocycles. The van der Waals surface area contributed by atoms with Crippen molar-refractivity contribution in [2.24, 2.45) is 0 Å². The Morgan fingerprint density at radius 3 is 2.15 bits per heavy atom. The fourth-order valence-corrected chi connectivity index (χ4v) is 2.17. The number of aliphatic hydroxyl groups excluding tert-OH is 1. The van der Waals surface area contributed by atoms with Gasteiger partial charge in [0, 0.05) is 26.2 Å². The zero-order valence-electron chi connectivity index (χ0n) is 16.1. The molecule has 0 heterocycles. The number of likely N-dealkylation sites (N-methyl/N-ethyl adjacent to an activating group) is 1. The highest BCUT2D eigenvalue weighted by atomic mass is 16.6. The summed E-state index contributed by atoms with van der Waals surface area (Å²) in [5.74, 6) is 0. The first-order valence-electron chi connectivity index (χ1n) is 8.81. The van der Waals surface area contributed by atoms with Gasteiger partial charge in [0.05, 0.1) is 6.61 Å². The molecular formula is C19H30N2O5. The van der Waals surface area contributed by atoms with Crippen LogP contribution in [0.1, 0.15) is 33.3 Å². The molecule has 0 spiro atoms. The highest BCUT2D eigenvalue weighted by Crippen LogP contribution is 2.10. The molecule has 7 heteroatoms. The number of aliphatic hydroxyl groups is 1. The minimum Gasteiger partial charge on any atom is -0.445 e. The number of amides is 2. The van der Waals surface area contributed by atoms with Gasteiger partial charge in [0.15, 0.2) is 0 Å². The largest absolute Gasteiger partial charge is 0.445 e. The van der Waals surface area contributed by atoms with Crippen molar-refractivity contribution in [2.75, 3.05) is 32.8 Å². The second kappa shape index (κ2) is 10.7. The summed E-state index contributed by atoms with van der Waals surface area (Å²) in [5, 5.41) is 9.20. The number of carbonyl (C=O) groups is 2. The molecule has 146 valence electrons. The van der Waals surface area contributed by atoms with Gasteiger partial charge in [-0.1, -0.05) is 30.3 Å². The number of carbonyl (C=O) groups excluding carboxylic acids is 2. The van der Waals surface area contributed by atoms with E-state index in [0.717, 1.165) is 5.56 Å². The van der Waals surface area contributed by atoms with Crippen LogP contribution in [0.3, 0.4) is 0 Å². The minimum atomic E-state index is -0.579. The van der Waals surface area contributed by atoms with E-state index in [9.17, 15) is 14.7 Å². The third kappa shape index (κ3) is 8.20. The maximum atomic E-state index is 12.3. The third-order valence-electron chi connectivity index (χ3n) is 3.51. The van der Waals surface area contributed by atoms with E-state index in [1.807, 2.05) is 37.3 Å². The maximum absolute atomic E-state index is 12.3. The lowest BCUT2D eigenvalue weighted by Gasteiger charge is -2.28. The van der Waals surface area contributed by atoms with Crippen molar-refractivity contribution in [1.82, 2.24) is 9.80 Å². The number of nitrogens with zero attached hydrogens (tertiary/aromatic N) is 2. The molecule has 1 N–H and O–H groups in total. The molecule has 0 atom stereocenters. The quantitative estimate of drug-likeness (QED) is 0.765. The predicted octanol–water partition coefficient (Wildman–Crippen LogP) is 2.87. The van der Waals surface area contributed by atoms with Gasteiger partial charge in [0.1, 0.15) is 12.2 Å². The molecule has 0 aromatic heterocycles. The van der Waals surface area contributed by atoms with Crippen LogP contribution in [-0.4, -0.2) is 65.5 Å². The Morgan fingerprint density at radius 1 is 1.00 bits per heavy atom. The Kier molecular flexibility index (Phi) is 8.92. The Bertz CT molecular complexity index is 557. The van der Waals surface area contributed by atoms with E-state index in [0.29, 0.717) is 13.1 Å². The van der Waals surface area contributed by atoms with Crippen LogP contribution in [0.4, 0.5) is 9.59 Å². The molecule has 2 amide bonds. The van der Waals surface area contributed by atoms with Crippen LogP contribution in [0.15, 0.2) is 30.3 Å². The smallest absolute Gasteiger partial charge is 0.410 e. The summed E-state index contributed by atoms with van der Waals surface area (Å²) in [6.07, 6.45) is -0.954. The molecule has 0 fully saturated rings. The van der Waals surface area contributed by atoms with E-state index in [4.69, 9.17) is 9.47 Å². The Labute approximate surface area is 155 Å².